The number of methoxy groups -OCH3 is 1. The topological polar surface area (TPSA) is 75.7 Å². The van der Waals surface area contributed by atoms with Gasteiger partial charge in [-0.2, -0.15) is 4.31 Å². The standard InChI is InChI=1S/C18H20ClFN2O4S/c1-26-11-10-21-18(23)13-22(12-14-4-2-3-5-17(14)20)27(24,25)16-8-6-15(19)7-9-16/h2-9H,10-13H2,1H3,(H,21,23). The Morgan fingerprint density at radius 3 is 2.48 bits per heavy atom. The van der Waals surface area contributed by atoms with Crippen molar-refractivity contribution < 1.29 is 22.3 Å². The minimum Gasteiger partial charge on any atom is -0.383 e. The van der Waals surface area contributed by atoms with E-state index in [4.69, 9.17) is 16.3 Å². The molecule has 9 heteroatoms. The largest absolute Gasteiger partial charge is 0.383 e. The van der Waals surface area contributed by atoms with Crippen LogP contribution < -0.4 is 5.32 Å². The van der Waals surface area contributed by atoms with E-state index in [2.05, 4.69) is 5.32 Å². The smallest absolute Gasteiger partial charge is 0.243 e. The summed E-state index contributed by atoms with van der Waals surface area (Å²) in [6, 6.07) is 11.4. The molecule has 2 aromatic rings. The number of sulfonamides is 1. The molecule has 0 unspecified atom stereocenters. The van der Waals surface area contributed by atoms with Gasteiger partial charge in [0.1, 0.15) is 5.82 Å². The van der Waals surface area contributed by atoms with Crippen LogP contribution in [-0.4, -0.2) is 45.4 Å². The van der Waals surface area contributed by atoms with Crippen molar-refractivity contribution in [1.82, 2.24) is 9.62 Å². The van der Waals surface area contributed by atoms with Gasteiger partial charge in [0.15, 0.2) is 0 Å². The van der Waals surface area contributed by atoms with Crippen molar-refractivity contribution in [3.8, 4) is 0 Å². The second-order valence-electron chi connectivity index (χ2n) is 5.66. The molecule has 0 bridgehead atoms. The van der Waals surface area contributed by atoms with Crippen LogP contribution in [0.15, 0.2) is 53.4 Å². The summed E-state index contributed by atoms with van der Waals surface area (Å²) in [4.78, 5) is 12.1. The Hall–Kier alpha value is -2.00. The zero-order chi connectivity index (χ0) is 19.9. The van der Waals surface area contributed by atoms with Crippen molar-refractivity contribution in [2.45, 2.75) is 11.4 Å². The molecule has 0 saturated heterocycles. The molecule has 0 heterocycles. The van der Waals surface area contributed by atoms with Crippen LogP contribution in [0.4, 0.5) is 4.39 Å². The Morgan fingerprint density at radius 2 is 1.85 bits per heavy atom. The highest BCUT2D eigenvalue weighted by Gasteiger charge is 2.27. The molecule has 0 fully saturated rings. The Morgan fingerprint density at radius 1 is 1.19 bits per heavy atom. The lowest BCUT2D eigenvalue weighted by molar-refractivity contribution is -0.121. The lowest BCUT2D eigenvalue weighted by Gasteiger charge is -2.22. The van der Waals surface area contributed by atoms with Gasteiger partial charge in [0, 0.05) is 30.8 Å². The van der Waals surface area contributed by atoms with Gasteiger partial charge in [0.25, 0.3) is 0 Å². The zero-order valence-corrected chi connectivity index (χ0v) is 16.3. The maximum atomic E-state index is 14.0. The summed E-state index contributed by atoms with van der Waals surface area (Å²) in [5.41, 5.74) is 0.166. The summed E-state index contributed by atoms with van der Waals surface area (Å²) >= 11 is 5.81. The summed E-state index contributed by atoms with van der Waals surface area (Å²) in [5.74, 6) is -1.06. The van der Waals surface area contributed by atoms with E-state index in [1.165, 1.54) is 49.6 Å². The van der Waals surface area contributed by atoms with Crippen LogP contribution in [-0.2, 0) is 26.1 Å². The number of amides is 1. The molecule has 0 aliphatic heterocycles. The minimum absolute atomic E-state index is 0.0343. The zero-order valence-electron chi connectivity index (χ0n) is 14.7. The molecule has 1 N–H and O–H groups in total. The molecular weight excluding hydrogens is 395 g/mol. The van der Waals surface area contributed by atoms with Gasteiger partial charge in [-0.25, -0.2) is 12.8 Å². The van der Waals surface area contributed by atoms with Gasteiger partial charge in [-0.15, -0.1) is 0 Å². The predicted octanol–water partition coefficient (Wildman–Crippen LogP) is 2.43. The first kappa shape index (κ1) is 21.3. The molecular formula is C18H20ClFN2O4S. The highest BCUT2D eigenvalue weighted by Crippen LogP contribution is 2.21. The molecule has 0 aromatic heterocycles. The van der Waals surface area contributed by atoms with Crippen LogP contribution in [0.2, 0.25) is 5.02 Å². The second kappa shape index (κ2) is 9.80. The van der Waals surface area contributed by atoms with Crippen LogP contribution in [0.5, 0.6) is 0 Å². The first-order valence-corrected chi connectivity index (χ1v) is 9.91. The van der Waals surface area contributed by atoms with E-state index in [1.54, 1.807) is 6.07 Å². The summed E-state index contributed by atoms with van der Waals surface area (Å²) in [7, 11) is -2.55. The number of halogens is 2. The molecule has 6 nitrogen and oxygen atoms in total. The van der Waals surface area contributed by atoms with Gasteiger partial charge in [-0.05, 0) is 30.3 Å². The number of nitrogens with one attached hydrogen (secondary N) is 1. The molecule has 2 aromatic carbocycles. The summed E-state index contributed by atoms with van der Waals surface area (Å²) in [5, 5.41) is 2.94. The SMILES string of the molecule is COCCNC(=O)CN(Cc1ccccc1F)S(=O)(=O)c1ccc(Cl)cc1. The summed E-state index contributed by atoms with van der Waals surface area (Å²) < 4.78 is 45.8. The van der Waals surface area contributed by atoms with Crippen molar-refractivity contribution in [3.63, 3.8) is 0 Å². The van der Waals surface area contributed by atoms with Crippen LogP contribution >= 0.6 is 11.6 Å². The van der Waals surface area contributed by atoms with E-state index in [0.29, 0.717) is 11.6 Å². The summed E-state index contributed by atoms with van der Waals surface area (Å²) in [6.07, 6.45) is 0. The minimum atomic E-state index is -4.04. The number of carbonyl (C=O) groups excluding carboxylic acids is 1. The molecule has 2 rings (SSSR count). The third kappa shape index (κ3) is 6.00. The van der Waals surface area contributed by atoms with E-state index in [9.17, 15) is 17.6 Å². The average Bonchev–Trinajstić information content (AvgIpc) is 2.63. The van der Waals surface area contributed by atoms with Crippen molar-refractivity contribution in [2.75, 3.05) is 26.8 Å². The fourth-order valence-electron chi connectivity index (χ4n) is 2.31. The Labute approximate surface area is 162 Å². The van der Waals surface area contributed by atoms with Gasteiger partial charge in [-0.1, -0.05) is 29.8 Å². The lowest BCUT2D eigenvalue weighted by Crippen LogP contribution is -2.41. The molecule has 0 spiro atoms. The maximum Gasteiger partial charge on any atom is 0.243 e. The number of ether oxygens (including phenoxy) is 1. The number of hydrogen-bond donors (Lipinski definition) is 1. The van der Waals surface area contributed by atoms with E-state index in [1.807, 2.05) is 0 Å². The normalized spacial score (nSPS) is 11.6. The summed E-state index contributed by atoms with van der Waals surface area (Å²) in [6.45, 7) is -0.203. The van der Waals surface area contributed by atoms with E-state index in [-0.39, 0.29) is 23.5 Å². The predicted molar refractivity (Wildman–Crippen MR) is 100 cm³/mol. The number of rotatable bonds is 9. The van der Waals surface area contributed by atoms with Crippen molar-refractivity contribution in [3.05, 3.63) is 64.9 Å². The first-order valence-electron chi connectivity index (χ1n) is 8.09. The lowest BCUT2D eigenvalue weighted by atomic mass is 10.2. The monoisotopic (exact) mass is 414 g/mol. The van der Waals surface area contributed by atoms with Crippen molar-refractivity contribution >= 4 is 27.5 Å². The van der Waals surface area contributed by atoms with E-state index in [0.717, 1.165) is 4.31 Å². The molecule has 0 aliphatic rings. The molecule has 0 saturated carbocycles. The fourth-order valence-corrected chi connectivity index (χ4v) is 3.81. The third-order valence-electron chi connectivity index (χ3n) is 3.70. The molecule has 1 amide bonds. The van der Waals surface area contributed by atoms with Gasteiger partial charge in [0.05, 0.1) is 18.0 Å². The van der Waals surface area contributed by atoms with Gasteiger partial charge in [-0.3, -0.25) is 4.79 Å². The third-order valence-corrected chi connectivity index (χ3v) is 5.76. The van der Waals surface area contributed by atoms with Crippen LogP contribution in [0.25, 0.3) is 0 Å². The quantitative estimate of drug-likeness (QED) is 0.639. The molecule has 0 atom stereocenters. The van der Waals surface area contributed by atoms with Crippen molar-refractivity contribution in [2.24, 2.45) is 0 Å². The van der Waals surface area contributed by atoms with Crippen molar-refractivity contribution in [1.29, 1.82) is 0 Å². The maximum absolute atomic E-state index is 14.0. The Balaban J connectivity index is 2.29. The molecule has 146 valence electrons. The Bertz CT molecular complexity index is 875. The number of benzene rings is 2. The molecule has 27 heavy (non-hydrogen) atoms. The first-order chi connectivity index (χ1) is 12.8. The average molecular weight is 415 g/mol. The number of hydrogen-bond acceptors (Lipinski definition) is 4. The number of carbonyl (C=O) groups is 1. The molecule has 0 aliphatic carbocycles. The van der Waals surface area contributed by atoms with Crippen LogP contribution in [0.3, 0.4) is 0 Å². The fraction of sp³-hybridized carbons (Fsp3) is 0.278. The van der Waals surface area contributed by atoms with E-state index < -0.39 is 28.3 Å². The molecule has 0 radical (unpaired) electrons. The van der Waals surface area contributed by atoms with Gasteiger partial charge >= 0.3 is 0 Å². The number of nitrogens with zero attached hydrogens (tertiary/aromatic N) is 1. The van der Waals surface area contributed by atoms with Crippen LogP contribution in [0.1, 0.15) is 5.56 Å². The van der Waals surface area contributed by atoms with Crippen LogP contribution in [0, 0.1) is 5.82 Å². The van der Waals surface area contributed by atoms with Gasteiger partial charge in [0.2, 0.25) is 15.9 Å². The van der Waals surface area contributed by atoms with E-state index >= 15 is 0 Å². The highest BCUT2D eigenvalue weighted by atomic mass is 35.5. The van der Waals surface area contributed by atoms with Gasteiger partial charge < -0.3 is 10.1 Å². The Kier molecular flexibility index (Phi) is 7.73. The second-order valence-corrected chi connectivity index (χ2v) is 8.04. The highest BCUT2D eigenvalue weighted by molar-refractivity contribution is 7.89.